The lowest BCUT2D eigenvalue weighted by atomic mass is 9.95. The van der Waals surface area contributed by atoms with E-state index in [1.54, 1.807) is 27.6 Å². The van der Waals surface area contributed by atoms with Gasteiger partial charge in [-0.25, -0.2) is 19.3 Å². The molecule has 3 atom stereocenters. The van der Waals surface area contributed by atoms with Crippen LogP contribution in [0.25, 0.3) is 27.9 Å². The van der Waals surface area contributed by atoms with E-state index in [0.717, 1.165) is 18.5 Å². The van der Waals surface area contributed by atoms with Crippen molar-refractivity contribution in [2.75, 3.05) is 0 Å². The van der Waals surface area contributed by atoms with Gasteiger partial charge in [-0.05, 0) is 45.7 Å². The van der Waals surface area contributed by atoms with E-state index in [2.05, 4.69) is 34.1 Å². The molecule has 1 aliphatic heterocycles. The second-order valence-corrected chi connectivity index (χ2v) is 8.30. The number of nitrogens with one attached hydrogen (secondary N) is 1. The molecule has 7 nitrogen and oxygen atoms in total. The number of aryl methyl sites for hydroxylation is 1. The van der Waals surface area contributed by atoms with Crippen molar-refractivity contribution in [1.29, 1.82) is 0 Å². The number of halogens is 1. The standard InChI is InChI=1S/C22H23FN6O/c1-12-6-16(7-13(2)25-12)29-5-4-19-17(22(29)30)9-24-20(27-19)15-8-18(23)21-26-14(3)10-28(21)11-15/h4-5,8-13,16,25H,6-7H2,1-3H3/t12-,13+,16-. The van der Waals surface area contributed by atoms with Crippen molar-refractivity contribution in [3.63, 3.8) is 0 Å². The SMILES string of the molecule is Cc1cn2cc(-c3ncc4c(=O)n([C@@H]5C[C@@H](C)N[C@@H](C)C5)ccc4n3)cc(F)c2n1. The van der Waals surface area contributed by atoms with Gasteiger partial charge < -0.3 is 14.3 Å². The summed E-state index contributed by atoms with van der Waals surface area (Å²) < 4.78 is 17.9. The first-order valence-electron chi connectivity index (χ1n) is 10.2. The molecule has 0 spiro atoms. The van der Waals surface area contributed by atoms with Gasteiger partial charge in [0.2, 0.25) is 0 Å². The number of hydrogen-bond acceptors (Lipinski definition) is 5. The van der Waals surface area contributed by atoms with Gasteiger partial charge >= 0.3 is 0 Å². The Hall–Kier alpha value is -3.13. The lowest BCUT2D eigenvalue weighted by molar-refractivity contribution is 0.260. The fourth-order valence-electron chi connectivity index (χ4n) is 4.53. The predicted octanol–water partition coefficient (Wildman–Crippen LogP) is 3.26. The Morgan fingerprint density at radius 3 is 2.70 bits per heavy atom. The molecular formula is C22H23FN6O. The molecule has 0 amide bonds. The molecule has 4 aromatic heterocycles. The normalized spacial score (nSPS) is 22.1. The van der Waals surface area contributed by atoms with Gasteiger partial charge in [0.25, 0.3) is 5.56 Å². The van der Waals surface area contributed by atoms with Crippen LogP contribution < -0.4 is 10.9 Å². The Kier molecular flexibility index (Phi) is 4.39. The highest BCUT2D eigenvalue weighted by atomic mass is 19.1. The van der Waals surface area contributed by atoms with E-state index in [4.69, 9.17) is 0 Å². The van der Waals surface area contributed by atoms with E-state index in [9.17, 15) is 9.18 Å². The molecule has 154 valence electrons. The number of aromatic nitrogens is 5. The lowest BCUT2D eigenvalue weighted by Crippen LogP contribution is -2.44. The Morgan fingerprint density at radius 1 is 1.17 bits per heavy atom. The highest BCUT2D eigenvalue weighted by Crippen LogP contribution is 2.25. The zero-order chi connectivity index (χ0) is 21.0. The van der Waals surface area contributed by atoms with Crippen LogP contribution in [0.5, 0.6) is 0 Å². The maximum atomic E-state index is 14.4. The van der Waals surface area contributed by atoms with Crippen molar-refractivity contribution in [2.45, 2.75) is 51.7 Å². The van der Waals surface area contributed by atoms with Crippen LogP contribution in [0.15, 0.2) is 41.7 Å². The van der Waals surface area contributed by atoms with Crippen molar-refractivity contribution in [3.8, 4) is 11.4 Å². The van der Waals surface area contributed by atoms with Crippen LogP contribution >= 0.6 is 0 Å². The van der Waals surface area contributed by atoms with Crippen molar-refractivity contribution < 1.29 is 4.39 Å². The molecule has 5 heterocycles. The zero-order valence-electron chi connectivity index (χ0n) is 17.1. The molecule has 30 heavy (non-hydrogen) atoms. The lowest BCUT2D eigenvalue weighted by Gasteiger charge is -2.34. The van der Waals surface area contributed by atoms with Crippen molar-refractivity contribution >= 4 is 16.6 Å². The summed E-state index contributed by atoms with van der Waals surface area (Å²) >= 11 is 0. The number of imidazole rings is 1. The van der Waals surface area contributed by atoms with Crippen LogP contribution in [0.4, 0.5) is 4.39 Å². The van der Waals surface area contributed by atoms with Gasteiger partial charge in [0.1, 0.15) is 0 Å². The van der Waals surface area contributed by atoms with Crippen LogP contribution in [-0.4, -0.2) is 36.0 Å². The van der Waals surface area contributed by atoms with Gasteiger partial charge in [-0.15, -0.1) is 0 Å². The number of nitrogens with zero attached hydrogens (tertiary/aromatic N) is 5. The Bertz CT molecular complexity index is 1320. The predicted molar refractivity (Wildman–Crippen MR) is 113 cm³/mol. The van der Waals surface area contributed by atoms with E-state index in [-0.39, 0.29) is 17.2 Å². The van der Waals surface area contributed by atoms with E-state index >= 15 is 0 Å². The van der Waals surface area contributed by atoms with Crippen molar-refractivity contribution in [1.82, 2.24) is 29.2 Å². The minimum Gasteiger partial charge on any atom is -0.312 e. The molecule has 1 aliphatic rings. The molecular weight excluding hydrogens is 383 g/mol. The summed E-state index contributed by atoms with van der Waals surface area (Å²) in [7, 11) is 0. The first-order valence-corrected chi connectivity index (χ1v) is 10.2. The van der Waals surface area contributed by atoms with Crippen LogP contribution in [0, 0.1) is 12.7 Å². The molecule has 0 radical (unpaired) electrons. The number of pyridine rings is 2. The highest BCUT2D eigenvalue weighted by Gasteiger charge is 2.25. The molecule has 1 saturated heterocycles. The molecule has 0 aromatic carbocycles. The Balaban J connectivity index is 1.57. The van der Waals surface area contributed by atoms with Gasteiger partial charge in [-0.1, -0.05) is 0 Å². The van der Waals surface area contributed by atoms with Gasteiger partial charge in [0, 0.05) is 48.5 Å². The average Bonchev–Trinajstić information content (AvgIpc) is 3.08. The van der Waals surface area contributed by atoms with Crippen LogP contribution in [0.3, 0.4) is 0 Å². The van der Waals surface area contributed by atoms with Gasteiger partial charge in [-0.3, -0.25) is 4.79 Å². The van der Waals surface area contributed by atoms with Crippen LogP contribution in [0.1, 0.15) is 38.4 Å². The molecule has 1 fully saturated rings. The minimum absolute atomic E-state index is 0.0859. The number of piperidine rings is 1. The van der Waals surface area contributed by atoms with E-state index in [0.29, 0.717) is 34.4 Å². The quantitative estimate of drug-likeness (QED) is 0.553. The molecule has 1 N–H and O–H groups in total. The molecule has 0 unspecified atom stereocenters. The molecule has 8 heteroatoms. The van der Waals surface area contributed by atoms with Gasteiger partial charge in [0.05, 0.1) is 16.6 Å². The summed E-state index contributed by atoms with van der Waals surface area (Å²) in [6.45, 7) is 6.09. The molecule has 0 aliphatic carbocycles. The summed E-state index contributed by atoms with van der Waals surface area (Å²) in [6.07, 6.45) is 8.67. The van der Waals surface area contributed by atoms with E-state index in [1.807, 2.05) is 19.2 Å². The average molecular weight is 406 g/mol. The first-order chi connectivity index (χ1) is 14.4. The number of rotatable bonds is 2. The topological polar surface area (TPSA) is 77.1 Å². The van der Waals surface area contributed by atoms with Gasteiger partial charge in [-0.2, -0.15) is 0 Å². The summed E-state index contributed by atoms with van der Waals surface area (Å²) in [5.74, 6) is -0.0650. The summed E-state index contributed by atoms with van der Waals surface area (Å²) in [4.78, 5) is 26.2. The smallest absolute Gasteiger partial charge is 0.261 e. The third-order valence-corrected chi connectivity index (χ3v) is 5.77. The highest BCUT2D eigenvalue weighted by molar-refractivity contribution is 5.78. The Labute approximate surface area is 172 Å². The van der Waals surface area contributed by atoms with Crippen molar-refractivity contribution in [3.05, 3.63) is 58.8 Å². The third kappa shape index (κ3) is 3.17. The van der Waals surface area contributed by atoms with E-state index in [1.165, 1.54) is 6.07 Å². The molecule has 0 saturated carbocycles. The fraction of sp³-hybridized carbons (Fsp3) is 0.364. The minimum atomic E-state index is -0.436. The number of hydrogen-bond donors (Lipinski definition) is 1. The van der Waals surface area contributed by atoms with Crippen LogP contribution in [0.2, 0.25) is 0 Å². The molecule has 4 aromatic rings. The van der Waals surface area contributed by atoms with Crippen molar-refractivity contribution in [2.24, 2.45) is 0 Å². The zero-order valence-corrected chi connectivity index (χ0v) is 17.1. The summed E-state index contributed by atoms with van der Waals surface area (Å²) in [5, 5.41) is 3.98. The maximum absolute atomic E-state index is 14.4. The van der Waals surface area contributed by atoms with Gasteiger partial charge in [0.15, 0.2) is 17.3 Å². The second-order valence-electron chi connectivity index (χ2n) is 8.30. The summed E-state index contributed by atoms with van der Waals surface area (Å²) in [6, 6.07) is 4.08. The molecule has 5 rings (SSSR count). The second kappa shape index (κ2) is 6.98. The number of fused-ring (bicyclic) bond motifs is 2. The molecule has 0 bridgehead atoms. The van der Waals surface area contributed by atoms with E-state index < -0.39 is 5.82 Å². The monoisotopic (exact) mass is 406 g/mol. The van der Waals surface area contributed by atoms with Crippen LogP contribution in [-0.2, 0) is 0 Å². The fourth-order valence-corrected chi connectivity index (χ4v) is 4.53. The largest absolute Gasteiger partial charge is 0.312 e. The Morgan fingerprint density at radius 2 is 1.93 bits per heavy atom. The first kappa shape index (κ1) is 18.9. The third-order valence-electron chi connectivity index (χ3n) is 5.77. The summed E-state index contributed by atoms with van der Waals surface area (Å²) in [5.41, 5.74) is 2.00. The maximum Gasteiger partial charge on any atom is 0.261 e.